The van der Waals surface area contributed by atoms with E-state index in [4.69, 9.17) is 5.73 Å². The van der Waals surface area contributed by atoms with Gasteiger partial charge in [-0.25, -0.2) is 4.98 Å². The van der Waals surface area contributed by atoms with Crippen molar-refractivity contribution in [1.29, 1.82) is 0 Å². The second-order valence-corrected chi connectivity index (χ2v) is 7.61. The average Bonchev–Trinajstić information content (AvgIpc) is 3.00. The molecular weight excluding hydrogens is 348 g/mol. The van der Waals surface area contributed by atoms with Crippen LogP contribution >= 0.6 is 11.8 Å². The van der Waals surface area contributed by atoms with Gasteiger partial charge < -0.3 is 15.6 Å². The van der Waals surface area contributed by atoms with Gasteiger partial charge in [-0.1, -0.05) is 42.1 Å². The summed E-state index contributed by atoms with van der Waals surface area (Å²) in [5, 5.41) is 0.755. The molecule has 1 fully saturated rings. The number of hydrogen-bond donors (Lipinski definition) is 2. The van der Waals surface area contributed by atoms with E-state index in [0.29, 0.717) is 18.8 Å². The molecule has 2 aromatic rings. The van der Waals surface area contributed by atoms with Crippen LogP contribution in [0.3, 0.4) is 0 Å². The SMILES string of the molecule is Cc1[nH]c(SCC(=O)N2CCCC(C(N)=O)C2)nc1Cc1ccccc1. The molecule has 7 heteroatoms. The standard InChI is InChI=1S/C19H24N4O2S/c1-13-16(10-14-6-3-2-4-7-14)22-19(21-13)26-12-17(24)23-9-5-8-15(11-23)18(20)25/h2-4,6-7,15H,5,8-12H2,1H3,(H2,20,25)(H,21,22). The number of primary amides is 1. The average molecular weight is 372 g/mol. The number of rotatable bonds is 6. The third kappa shape index (κ3) is 4.66. The molecule has 6 nitrogen and oxygen atoms in total. The third-order valence-electron chi connectivity index (χ3n) is 4.69. The van der Waals surface area contributed by atoms with Gasteiger partial charge in [0.25, 0.3) is 0 Å². The largest absolute Gasteiger partial charge is 0.369 e. The molecule has 138 valence electrons. The summed E-state index contributed by atoms with van der Waals surface area (Å²) < 4.78 is 0. The molecule has 0 bridgehead atoms. The Bertz CT molecular complexity index is 775. The Balaban J connectivity index is 1.55. The maximum atomic E-state index is 12.4. The smallest absolute Gasteiger partial charge is 0.233 e. The van der Waals surface area contributed by atoms with Crippen LogP contribution in [-0.2, 0) is 16.0 Å². The molecule has 1 aliphatic rings. The lowest BCUT2D eigenvalue weighted by atomic mass is 9.97. The van der Waals surface area contributed by atoms with Crippen LogP contribution in [0, 0.1) is 12.8 Å². The highest BCUT2D eigenvalue weighted by Gasteiger charge is 2.27. The van der Waals surface area contributed by atoms with E-state index < -0.39 is 0 Å². The van der Waals surface area contributed by atoms with Crippen LogP contribution < -0.4 is 5.73 Å². The molecule has 3 N–H and O–H groups in total. The molecule has 0 radical (unpaired) electrons. The van der Waals surface area contributed by atoms with E-state index in [1.54, 1.807) is 4.90 Å². The van der Waals surface area contributed by atoms with Crippen LogP contribution in [0.25, 0.3) is 0 Å². The number of carbonyl (C=O) groups is 2. The molecule has 2 amide bonds. The predicted molar refractivity (Wildman–Crippen MR) is 102 cm³/mol. The molecule has 1 atom stereocenters. The van der Waals surface area contributed by atoms with Crippen LogP contribution in [0.15, 0.2) is 35.5 Å². The van der Waals surface area contributed by atoms with E-state index in [1.165, 1.54) is 17.3 Å². The molecule has 2 heterocycles. The number of benzene rings is 1. The summed E-state index contributed by atoms with van der Waals surface area (Å²) in [5.41, 5.74) is 8.61. The van der Waals surface area contributed by atoms with Gasteiger partial charge in [0, 0.05) is 25.2 Å². The number of aromatic amines is 1. The number of piperidine rings is 1. The molecular formula is C19H24N4O2S. The van der Waals surface area contributed by atoms with Crippen LogP contribution in [0.5, 0.6) is 0 Å². The monoisotopic (exact) mass is 372 g/mol. The fraction of sp³-hybridized carbons (Fsp3) is 0.421. The third-order valence-corrected chi connectivity index (χ3v) is 5.55. The van der Waals surface area contributed by atoms with Crippen LogP contribution in [0.2, 0.25) is 0 Å². The van der Waals surface area contributed by atoms with Crippen molar-refractivity contribution >= 4 is 23.6 Å². The van der Waals surface area contributed by atoms with E-state index in [2.05, 4.69) is 22.1 Å². The number of nitrogens with one attached hydrogen (secondary N) is 1. The van der Waals surface area contributed by atoms with Crippen molar-refractivity contribution in [2.45, 2.75) is 31.3 Å². The van der Waals surface area contributed by atoms with E-state index in [-0.39, 0.29) is 17.7 Å². The highest BCUT2D eigenvalue weighted by molar-refractivity contribution is 7.99. The summed E-state index contributed by atoms with van der Waals surface area (Å²) in [6.45, 7) is 3.13. The predicted octanol–water partition coefficient (Wildman–Crippen LogP) is 2.12. The highest BCUT2D eigenvalue weighted by Crippen LogP contribution is 2.21. The number of carbonyl (C=O) groups excluding carboxylic acids is 2. The summed E-state index contributed by atoms with van der Waals surface area (Å²) in [6.07, 6.45) is 2.36. The number of imidazole rings is 1. The van der Waals surface area contributed by atoms with Gasteiger partial charge in [0.1, 0.15) is 0 Å². The van der Waals surface area contributed by atoms with E-state index in [1.807, 2.05) is 25.1 Å². The van der Waals surface area contributed by atoms with Gasteiger partial charge in [-0.15, -0.1) is 0 Å². The number of aryl methyl sites for hydroxylation is 1. The summed E-state index contributed by atoms with van der Waals surface area (Å²) in [6, 6.07) is 10.2. The van der Waals surface area contributed by atoms with Crippen molar-refractivity contribution in [3.63, 3.8) is 0 Å². The molecule has 26 heavy (non-hydrogen) atoms. The normalized spacial score (nSPS) is 17.3. The van der Waals surface area contributed by atoms with Crippen LogP contribution in [0.1, 0.15) is 29.8 Å². The van der Waals surface area contributed by atoms with Crippen LogP contribution in [0.4, 0.5) is 0 Å². The molecule has 1 aromatic carbocycles. The second-order valence-electron chi connectivity index (χ2n) is 6.65. The van der Waals surface area contributed by atoms with Crippen molar-refractivity contribution < 1.29 is 9.59 Å². The molecule has 1 aliphatic heterocycles. The van der Waals surface area contributed by atoms with Gasteiger partial charge in [0.2, 0.25) is 11.8 Å². The molecule has 3 rings (SSSR count). The van der Waals surface area contributed by atoms with Gasteiger partial charge in [-0.05, 0) is 25.3 Å². The Kier molecular flexibility index (Phi) is 5.98. The lowest BCUT2D eigenvalue weighted by Gasteiger charge is -2.31. The number of nitrogens with zero attached hydrogens (tertiary/aromatic N) is 2. The minimum Gasteiger partial charge on any atom is -0.369 e. The summed E-state index contributed by atoms with van der Waals surface area (Å²) in [7, 11) is 0. The van der Waals surface area contributed by atoms with Crippen molar-refractivity contribution in [2.24, 2.45) is 11.7 Å². The first kappa shape index (κ1) is 18.5. The first-order valence-corrected chi connectivity index (χ1v) is 9.81. The summed E-state index contributed by atoms with van der Waals surface area (Å²) in [4.78, 5) is 33.4. The molecule has 1 unspecified atom stereocenters. The number of thioether (sulfide) groups is 1. The maximum Gasteiger partial charge on any atom is 0.233 e. The lowest BCUT2D eigenvalue weighted by molar-refractivity contribution is -0.132. The number of H-pyrrole nitrogens is 1. The van der Waals surface area contributed by atoms with Crippen molar-refractivity contribution in [2.75, 3.05) is 18.8 Å². The molecule has 1 aromatic heterocycles. The summed E-state index contributed by atoms with van der Waals surface area (Å²) in [5.74, 6) is -0.202. The Labute approximate surface area is 157 Å². The number of hydrogen-bond acceptors (Lipinski definition) is 4. The minimum absolute atomic E-state index is 0.0274. The van der Waals surface area contributed by atoms with Crippen LogP contribution in [-0.4, -0.2) is 45.5 Å². The zero-order valence-electron chi connectivity index (χ0n) is 14.9. The quantitative estimate of drug-likeness (QED) is 0.760. The number of aromatic nitrogens is 2. The topological polar surface area (TPSA) is 92.1 Å². The number of nitrogens with two attached hydrogens (primary N) is 1. The molecule has 1 saturated heterocycles. The Morgan fingerprint density at radius 3 is 2.85 bits per heavy atom. The molecule has 0 spiro atoms. The fourth-order valence-corrected chi connectivity index (χ4v) is 4.00. The Hall–Kier alpha value is -2.28. The van der Waals surface area contributed by atoms with Gasteiger partial charge in [0.15, 0.2) is 5.16 Å². The minimum atomic E-state index is -0.317. The summed E-state index contributed by atoms with van der Waals surface area (Å²) >= 11 is 1.40. The second kappa shape index (κ2) is 8.40. The Morgan fingerprint density at radius 2 is 2.12 bits per heavy atom. The van der Waals surface area contributed by atoms with E-state index in [9.17, 15) is 9.59 Å². The first-order chi connectivity index (χ1) is 12.5. The van der Waals surface area contributed by atoms with Gasteiger partial charge in [0.05, 0.1) is 17.4 Å². The van der Waals surface area contributed by atoms with E-state index in [0.717, 1.165) is 35.8 Å². The fourth-order valence-electron chi connectivity index (χ4n) is 3.15. The van der Waals surface area contributed by atoms with Crippen molar-refractivity contribution in [3.05, 3.63) is 47.3 Å². The van der Waals surface area contributed by atoms with Gasteiger partial charge in [-0.3, -0.25) is 9.59 Å². The number of amides is 2. The zero-order chi connectivity index (χ0) is 18.5. The molecule has 0 saturated carbocycles. The highest BCUT2D eigenvalue weighted by atomic mass is 32.2. The lowest BCUT2D eigenvalue weighted by Crippen LogP contribution is -2.44. The van der Waals surface area contributed by atoms with Gasteiger partial charge in [-0.2, -0.15) is 0 Å². The zero-order valence-corrected chi connectivity index (χ0v) is 15.7. The van der Waals surface area contributed by atoms with Crippen molar-refractivity contribution in [3.8, 4) is 0 Å². The van der Waals surface area contributed by atoms with E-state index >= 15 is 0 Å². The molecule has 0 aliphatic carbocycles. The van der Waals surface area contributed by atoms with Gasteiger partial charge >= 0.3 is 0 Å². The first-order valence-electron chi connectivity index (χ1n) is 8.82. The van der Waals surface area contributed by atoms with Crippen molar-refractivity contribution in [1.82, 2.24) is 14.9 Å². The Morgan fingerprint density at radius 1 is 1.35 bits per heavy atom. The maximum absolute atomic E-state index is 12.4. The number of likely N-dealkylation sites (tertiary alicyclic amines) is 1.